The molecular weight excluding hydrogens is 484 g/mol. The van der Waals surface area contributed by atoms with E-state index < -0.39 is 17.2 Å². The predicted octanol–water partition coefficient (Wildman–Crippen LogP) is 1.95. The van der Waals surface area contributed by atoms with Crippen molar-refractivity contribution in [1.82, 2.24) is 24.3 Å². The second-order valence-electron chi connectivity index (χ2n) is 7.61. The molecule has 0 bridgehead atoms. The predicted molar refractivity (Wildman–Crippen MR) is 134 cm³/mol. The number of amides is 1. The molecule has 2 N–H and O–H groups in total. The van der Waals surface area contributed by atoms with Crippen LogP contribution in [0.15, 0.2) is 63.7 Å². The molecule has 37 heavy (non-hydrogen) atoms. The maximum Gasteiger partial charge on any atom is 0.333 e. The fourth-order valence-electron chi connectivity index (χ4n) is 3.56. The number of H-pyrrole nitrogens is 1. The third-order valence-electron chi connectivity index (χ3n) is 5.22. The Kier molecular flexibility index (Phi) is 7.23. The monoisotopic (exact) mass is 508 g/mol. The standard InChI is InChI=1S/C24H24N6O7/c1-5-9-29-22-20(23(32)30(10-6-2)24(29)33)26-21(27-22)17-12-19(28-37-17)36-13-18(31)25-14-7-8-15(34-3)16(11-14)35-4/h5-8,11-12H,1-2,9-10,13H2,3-4H3,(H,25,31)(H,26,27). The van der Waals surface area contributed by atoms with E-state index >= 15 is 0 Å². The molecule has 0 aliphatic rings. The highest BCUT2D eigenvalue weighted by molar-refractivity contribution is 5.92. The number of rotatable bonds is 11. The van der Waals surface area contributed by atoms with Crippen LogP contribution in [-0.4, -0.2) is 51.0 Å². The van der Waals surface area contributed by atoms with Crippen molar-refractivity contribution in [2.24, 2.45) is 0 Å². The molecule has 0 saturated heterocycles. The van der Waals surface area contributed by atoms with Gasteiger partial charge in [0.25, 0.3) is 17.3 Å². The van der Waals surface area contributed by atoms with Gasteiger partial charge < -0.3 is 29.0 Å². The maximum atomic E-state index is 12.8. The Hall–Kier alpha value is -5.07. The first-order valence-electron chi connectivity index (χ1n) is 11.0. The van der Waals surface area contributed by atoms with Gasteiger partial charge in [-0.3, -0.25) is 18.7 Å². The number of carbonyl (C=O) groups is 1. The van der Waals surface area contributed by atoms with Gasteiger partial charge in [-0.1, -0.05) is 12.2 Å². The molecule has 0 aliphatic carbocycles. The molecule has 0 saturated carbocycles. The number of aromatic nitrogens is 5. The van der Waals surface area contributed by atoms with E-state index in [1.165, 1.54) is 37.0 Å². The van der Waals surface area contributed by atoms with Crippen molar-refractivity contribution in [1.29, 1.82) is 0 Å². The van der Waals surface area contributed by atoms with Crippen molar-refractivity contribution in [3.8, 4) is 29.0 Å². The lowest BCUT2D eigenvalue weighted by Gasteiger charge is -2.10. The molecule has 13 nitrogen and oxygen atoms in total. The van der Waals surface area contributed by atoms with Crippen LogP contribution in [0.3, 0.4) is 0 Å². The molecule has 192 valence electrons. The lowest BCUT2D eigenvalue weighted by atomic mass is 10.2. The summed E-state index contributed by atoms with van der Waals surface area (Å²) < 4.78 is 23.4. The first-order valence-corrected chi connectivity index (χ1v) is 11.0. The van der Waals surface area contributed by atoms with E-state index in [0.29, 0.717) is 17.2 Å². The van der Waals surface area contributed by atoms with Crippen molar-refractivity contribution < 1.29 is 23.5 Å². The number of aromatic amines is 1. The quantitative estimate of drug-likeness (QED) is 0.289. The van der Waals surface area contributed by atoms with Gasteiger partial charge >= 0.3 is 5.69 Å². The third-order valence-corrected chi connectivity index (χ3v) is 5.22. The van der Waals surface area contributed by atoms with Gasteiger partial charge in [0.2, 0.25) is 5.76 Å². The number of benzene rings is 1. The molecular formula is C24H24N6O7. The molecule has 0 fully saturated rings. The smallest absolute Gasteiger partial charge is 0.333 e. The Morgan fingerprint density at radius 1 is 1.11 bits per heavy atom. The summed E-state index contributed by atoms with van der Waals surface area (Å²) in [7, 11) is 3.01. The van der Waals surface area contributed by atoms with Gasteiger partial charge in [-0.25, -0.2) is 9.78 Å². The number of anilines is 1. The number of allylic oxidation sites excluding steroid dienone is 2. The van der Waals surface area contributed by atoms with E-state index in [1.54, 1.807) is 18.2 Å². The Bertz CT molecular complexity index is 1590. The normalized spacial score (nSPS) is 10.8. The highest BCUT2D eigenvalue weighted by Crippen LogP contribution is 2.29. The van der Waals surface area contributed by atoms with Gasteiger partial charge in [0, 0.05) is 24.8 Å². The van der Waals surface area contributed by atoms with E-state index in [1.807, 2.05) is 0 Å². The number of hydrogen-bond donors (Lipinski definition) is 2. The zero-order valence-electron chi connectivity index (χ0n) is 20.1. The summed E-state index contributed by atoms with van der Waals surface area (Å²) in [4.78, 5) is 45.1. The third kappa shape index (κ3) is 5.00. The molecule has 0 unspecified atom stereocenters. The zero-order chi connectivity index (χ0) is 26.5. The van der Waals surface area contributed by atoms with Crippen molar-refractivity contribution in [3.05, 3.63) is 70.4 Å². The van der Waals surface area contributed by atoms with Gasteiger partial charge in [0.05, 0.1) is 20.3 Å². The van der Waals surface area contributed by atoms with Gasteiger partial charge in [0.1, 0.15) is 0 Å². The minimum Gasteiger partial charge on any atom is -0.493 e. The van der Waals surface area contributed by atoms with Crippen molar-refractivity contribution in [2.45, 2.75) is 13.1 Å². The summed E-state index contributed by atoms with van der Waals surface area (Å²) in [6.45, 7) is 7.05. The fraction of sp³-hybridized carbons (Fsp3) is 0.208. The zero-order valence-corrected chi connectivity index (χ0v) is 20.1. The number of hydrogen-bond acceptors (Lipinski definition) is 9. The Morgan fingerprint density at radius 2 is 1.84 bits per heavy atom. The molecule has 4 rings (SSSR count). The summed E-state index contributed by atoms with van der Waals surface area (Å²) >= 11 is 0. The van der Waals surface area contributed by atoms with E-state index in [9.17, 15) is 14.4 Å². The lowest BCUT2D eigenvalue weighted by molar-refractivity contribution is -0.118. The number of nitrogens with zero attached hydrogens (tertiary/aromatic N) is 4. The molecule has 0 radical (unpaired) electrons. The van der Waals surface area contributed by atoms with E-state index in [-0.39, 0.29) is 48.3 Å². The van der Waals surface area contributed by atoms with E-state index in [0.717, 1.165) is 4.57 Å². The average molecular weight is 508 g/mol. The van der Waals surface area contributed by atoms with Crippen LogP contribution >= 0.6 is 0 Å². The number of methoxy groups -OCH3 is 2. The van der Waals surface area contributed by atoms with Crippen molar-refractivity contribution in [3.63, 3.8) is 0 Å². The molecule has 1 amide bonds. The second-order valence-corrected chi connectivity index (χ2v) is 7.61. The van der Waals surface area contributed by atoms with Crippen LogP contribution in [0.2, 0.25) is 0 Å². The molecule has 13 heteroatoms. The van der Waals surface area contributed by atoms with Gasteiger partial charge in [0.15, 0.2) is 35.1 Å². The Labute approximate surface area is 209 Å². The molecule has 1 aromatic carbocycles. The second kappa shape index (κ2) is 10.7. The van der Waals surface area contributed by atoms with Crippen LogP contribution in [0, 0.1) is 0 Å². The SMILES string of the molecule is C=CCn1c(=O)c2[nH]c(-c3cc(OCC(=O)Nc4ccc(OC)c(OC)c4)no3)nc2n(CC=C)c1=O. The van der Waals surface area contributed by atoms with E-state index in [2.05, 4.69) is 33.6 Å². The number of nitrogens with one attached hydrogen (secondary N) is 2. The molecule has 0 atom stereocenters. The fourth-order valence-corrected chi connectivity index (χ4v) is 3.56. The van der Waals surface area contributed by atoms with Crippen molar-refractivity contribution in [2.75, 3.05) is 26.1 Å². The molecule has 3 heterocycles. The molecule has 3 aromatic heterocycles. The summed E-state index contributed by atoms with van der Waals surface area (Å²) in [5.41, 5.74) is -0.369. The molecule has 0 spiro atoms. The number of ether oxygens (including phenoxy) is 3. The summed E-state index contributed by atoms with van der Waals surface area (Å²) in [6.07, 6.45) is 2.97. The number of carbonyl (C=O) groups excluding carboxylic acids is 1. The van der Waals surface area contributed by atoms with Crippen LogP contribution in [-0.2, 0) is 17.9 Å². The van der Waals surface area contributed by atoms with Crippen LogP contribution < -0.4 is 30.8 Å². The Morgan fingerprint density at radius 3 is 2.54 bits per heavy atom. The highest BCUT2D eigenvalue weighted by atomic mass is 16.5. The average Bonchev–Trinajstić information content (AvgIpc) is 3.55. The Balaban J connectivity index is 1.52. The maximum absolute atomic E-state index is 12.8. The van der Waals surface area contributed by atoms with Gasteiger partial charge in [-0.05, 0) is 17.3 Å². The summed E-state index contributed by atoms with van der Waals surface area (Å²) in [5, 5.41) is 6.46. The summed E-state index contributed by atoms with van der Waals surface area (Å²) in [6, 6.07) is 6.33. The number of fused-ring (bicyclic) bond motifs is 1. The molecule has 4 aromatic rings. The number of imidazole rings is 1. The minimum atomic E-state index is -0.554. The lowest BCUT2D eigenvalue weighted by Crippen LogP contribution is -2.39. The van der Waals surface area contributed by atoms with Crippen molar-refractivity contribution >= 4 is 22.8 Å². The van der Waals surface area contributed by atoms with E-state index in [4.69, 9.17) is 18.7 Å². The van der Waals surface area contributed by atoms with Gasteiger partial charge in [-0.15, -0.1) is 13.2 Å². The van der Waals surface area contributed by atoms with Crippen LogP contribution in [0.25, 0.3) is 22.7 Å². The molecule has 0 aliphatic heterocycles. The van der Waals surface area contributed by atoms with Crippen LogP contribution in [0.1, 0.15) is 0 Å². The summed E-state index contributed by atoms with van der Waals surface area (Å²) in [5.74, 6) is 0.847. The van der Waals surface area contributed by atoms with Crippen LogP contribution in [0.5, 0.6) is 17.4 Å². The highest BCUT2D eigenvalue weighted by Gasteiger charge is 2.19. The largest absolute Gasteiger partial charge is 0.493 e. The minimum absolute atomic E-state index is 0.0190. The first-order chi connectivity index (χ1) is 17.9. The first kappa shape index (κ1) is 25.0. The van der Waals surface area contributed by atoms with Gasteiger partial charge in [-0.2, -0.15) is 0 Å². The van der Waals surface area contributed by atoms with Crippen LogP contribution in [0.4, 0.5) is 5.69 Å². The topological polar surface area (TPSA) is 156 Å².